The van der Waals surface area contributed by atoms with Crippen LogP contribution in [0, 0.1) is 0 Å². The SMILES string of the molecule is CNC(c1cccc(Cl)c1)c1cc(C(F)(F)F)ccc1Br. The third-order valence-electron chi connectivity index (χ3n) is 3.11. The second-order valence-electron chi connectivity index (χ2n) is 4.51. The van der Waals surface area contributed by atoms with Gasteiger partial charge >= 0.3 is 6.18 Å². The molecule has 0 spiro atoms. The molecule has 0 aliphatic rings. The van der Waals surface area contributed by atoms with Gasteiger partial charge in [-0.1, -0.05) is 39.7 Å². The van der Waals surface area contributed by atoms with Crippen LogP contribution in [-0.2, 0) is 6.18 Å². The van der Waals surface area contributed by atoms with E-state index in [0.717, 1.165) is 17.7 Å². The van der Waals surface area contributed by atoms with Crippen molar-refractivity contribution in [2.24, 2.45) is 0 Å². The monoisotopic (exact) mass is 377 g/mol. The Balaban J connectivity index is 2.52. The minimum Gasteiger partial charge on any atom is -0.309 e. The summed E-state index contributed by atoms with van der Waals surface area (Å²) in [6.07, 6.45) is -4.37. The first-order chi connectivity index (χ1) is 9.82. The first kappa shape index (κ1) is 16.3. The summed E-state index contributed by atoms with van der Waals surface area (Å²) < 4.78 is 39.2. The zero-order valence-electron chi connectivity index (χ0n) is 11.0. The van der Waals surface area contributed by atoms with Crippen molar-refractivity contribution >= 4 is 27.5 Å². The number of hydrogen-bond acceptors (Lipinski definition) is 1. The van der Waals surface area contributed by atoms with Crippen LogP contribution in [0.1, 0.15) is 22.7 Å². The lowest BCUT2D eigenvalue weighted by atomic mass is 9.97. The third-order valence-corrected chi connectivity index (χ3v) is 4.06. The van der Waals surface area contributed by atoms with Crippen LogP contribution in [0.4, 0.5) is 13.2 Å². The number of hydrogen-bond donors (Lipinski definition) is 1. The van der Waals surface area contributed by atoms with Crippen molar-refractivity contribution in [3.8, 4) is 0 Å². The van der Waals surface area contributed by atoms with E-state index in [1.165, 1.54) is 6.07 Å². The van der Waals surface area contributed by atoms with Gasteiger partial charge in [-0.2, -0.15) is 13.2 Å². The van der Waals surface area contributed by atoms with Gasteiger partial charge in [-0.15, -0.1) is 0 Å². The van der Waals surface area contributed by atoms with E-state index in [0.29, 0.717) is 15.1 Å². The molecule has 0 aromatic heterocycles. The standard InChI is InChI=1S/C15H12BrClF3N/c1-21-14(9-3-2-4-11(17)7-9)12-8-10(15(18,19)20)5-6-13(12)16/h2-8,14,21H,1H3. The van der Waals surface area contributed by atoms with Crippen LogP contribution < -0.4 is 5.32 Å². The molecular formula is C15H12BrClF3N. The fraction of sp³-hybridized carbons (Fsp3) is 0.200. The van der Waals surface area contributed by atoms with Gasteiger partial charge in [0.1, 0.15) is 0 Å². The van der Waals surface area contributed by atoms with Crippen molar-refractivity contribution in [2.45, 2.75) is 12.2 Å². The molecule has 1 N–H and O–H groups in total. The van der Waals surface area contributed by atoms with Crippen LogP contribution >= 0.6 is 27.5 Å². The normalized spacial score (nSPS) is 13.2. The Morgan fingerprint density at radius 1 is 1.14 bits per heavy atom. The molecule has 0 bridgehead atoms. The van der Waals surface area contributed by atoms with Crippen LogP contribution in [-0.4, -0.2) is 7.05 Å². The maximum atomic E-state index is 12.9. The summed E-state index contributed by atoms with van der Waals surface area (Å²) in [7, 11) is 1.69. The molecule has 21 heavy (non-hydrogen) atoms. The van der Waals surface area contributed by atoms with Crippen LogP contribution in [0.5, 0.6) is 0 Å². The summed E-state index contributed by atoms with van der Waals surface area (Å²) in [6.45, 7) is 0. The molecule has 0 amide bonds. The predicted octanol–water partition coefficient (Wildman–Crippen LogP) is 5.43. The van der Waals surface area contributed by atoms with E-state index >= 15 is 0 Å². The minimum absolute atomic E-state index is 0.389. The van der Waals surface area contributed by atoms with Gasteiger partial charge < -0.3 is 5.32 Å². The molecule has 0 aliphatic carbocycles. The van der Waals surface area contributed by atoms with E-state index in [1.807, 2.05) is 6.07 Å². The maximum absolute atomic E-state index is 12.9. The summed E-state index contributed by atoms with van der Waals surface area (Å²) in [5.41, 5.74) is 0.627. The molecule has 1 atom stereocenters. The maximum Gasteiger partial charge on any atom is 0.416 e. The smallest absolute Gasteiger partial charge is 0.309 e. The van der Waals surface area contributed by atoms with E-state index in [-0.39, 0.29) is 6.04 Å². The second kappa shape index (κ2) is 6.38. The zero-order chi connectivity index (χ0) is 15.6. The molecule has 6 heteroatoms. The van der Waals surface area contributed by atoms with Gasteiger partial charge in [-0.3, -0.25) is 0 Å². The summed E-state index contributed by atoms with van der Waals surface area (Å²) in [5, 5.41) is 3.56. The topological polar surface area (TPSA) is 12.0 Å². The van der Waals surface area contributed by atoms with Gasteiger partial charge in [-0.25, -0.2) is 0 Å². The lowest BCUT2D eigenvalue weighted by Gasteiger charge is -2.20. The molecule has 1 unspecified atom stereocenters. The van der Waals surface area contributed by atoms with E-state index in [4.69, 9.17) is 11.6 Å². The molecule has 0 heterocycles. The van der Waals surface area contributed by atoms with Crippen molar-refractivity contribution in [1.29, 1.82) is 0 Å². The van der Waals surface area contributed by atoms with E-state index in [9.17, 15) is 13.2 Å². The van der Waals surface area contributed by atoms with Gasteiger partial charge in [0.05, 0.1) is 11.6 Å². The molecule has 112 valence electrons. The molecular weight excluding hydrogens is 367 g/mol. The summed E-state index contributed by atoms with van der Waals surface area (Å²) in [5.74, 6) is 0. The van der Waals surface area contributed by atoms with Crippen LogP contribution in [0.25, 0.3) is 0 Å². The number of alkyl halides is 3. The van der Waals surface area contributed by atoms with E-state index in [2.05, 4.69) is 21.2 Å². The minimum atomic E-state index is -4.37. The Bertz CT molecular complexity index is 643. The summed E-state index contributed by atoms with van der Waals surface area (Å²) in [4.78, 5) is 0. The van der Waals surface area contributed by atoms with Crippen LogP contribution in [0.15, 0.2) is 46.9 Å². The van der Waals surface area contributed by atoms with Crippen molar-refractivity contribution in [1.82, 2.24) is 5.32 Å². The fourth-order valence-electron chi connectivity index (χ4n) is 2.13. The summed E-state index contributed by atoms with van der Waals surface area (Å²) in [6, 6.07) is 10.3. The molecule has 2 aromatic rings. The van der Waals surface area contributed by atoms with Crippen molar-refractivity contribution < 1.29 is 13.2 Å². The Morgan fingerprint density at radius 3 is 2.43 bits per heavy atom. The Hall–Kier alpha value is -1.04. The van der Waals surface area contributed by atoms with Gasteiger partial charge in [0, 0.05) is 9.50 Å². The Kier molecular flexibility index (Phi) is 4.96. The molecule has 2 aromatic carbocycles. The number of rotatable bonds is 3. The largest absolute Gasteiger partial charge is 0.416 e. The number of nitrogens with one attached hydrogen (secondary N) is 1. The van der Waals surface area contributed by atoms with Crippen LogP contribution in [0.2, 0.25) is 5.02 Å². The molecule has 0 saturated heterocycles. The molecule has 0 radical (unpaired) electrons. The van der Waals surface area contributed by atoms with Crippen molar-refractivity contribution in [3.63, 3.8) is 0 Å². The summed E-state index contributed by atoms with van der Waals surface area (Å²) >= 11 is 9.27. The van der Waals surface area contributed by atoms with E-state index in [1.54, 1.807) is 25.2 Å². The predicted molar refractivity (Wildman–Crippen MR) is 81.5 cm³/mol. The lowest BCUT2D eigenvalue weighted by molar-refractivity contribution is -0.137. The first-order valence-electron chi connectivity index (χ1n) is 6.12. The highest BCUT2D eigenvalue weighted by Crippen LogP contribution is 2.36. The Labute approximate surface area is 134 Å². The highest BCUT2D eigenvalue weighted by Gasteiger charge is 2.31. The number of halogens is 5. The first-order valence-corrected chi connectivity index (χ1v) is 7.29. The quantitative estimate of drug-likeness (QED) is 0.751. The van der Waals surface area contributed by atoms with Crippen molar-refractivity contribution in [2.75, 3.05) is 7.05 Å². The molecule has 0 aliphatic heterocycles. The third kappa shape index (κ3) is 3.78. The molecule has 2 rings (SSSR count). The van der Waals surface area contributed by atoms with Crippen molar-refractivity contribution in [3.05, 3.63) is 68.7 Å². The zero-order valence-corrected chi connectivity index (χ0v) is 13.4. The Morgan fingerprint density at radius 2 is 1.86 bits per heavy atom. The van der Waals surface area contributed by atoms with Gasteiger partial charge in [-0.05, 0) is 48.5 Å². The average molecular weight is 379 g/mol. The van der Waals surface area contributed by atoms with Gasteiger partial charge in [0.25, 0.3) is 0 Å². The fourth-order valence-corrected chi connectivity index (χ4v) is 2.80. The lowest BCUT2D eigenvalue weighted by Crippen LogP contribution is -2.19. The molecule has 0 saturated carbocycles. The van der Waals surface area contributed by atoms with Gasteiger partial charge in [0.2, 0.25) is 0 Å². The number of benzene rings is 2. The average Bonchev–Trinajstić information content (AvgIpc) is 2.40. The molecule has 0 fully saturated rings. The van der Waals surface area contributed by atoms with Gasteiger partial charge in [0.15, 0.2) is 0 Å². The highest BCUT2D eigenvalue weighted by atomic mass is 79.9. The highest BCUT2D eigenvalue weighted by molar-refractivity contribution is 9.10. The molecule has 1 nitrogen and oxygen atoms in total. The van der Waals surface area contributed by atoms with E-state index < -0.39 is 11.7 Å². The second-order valence-corrected chi connectivity index (χ2v) is 5.80. The van der Waals surface area contributed by atoms with Crippen LogP contribution in [0.3, 0.4) is 0 Å².